The SMILES string of the molecule is Cc1cc2c(cc1-c1cc3c(cc1N(c1ccccc1)c1ccc4c(c1)CCCC4)C(c1ccccc1)(c1ccccc1)c1ccccc1-3)C(C)(C)CCC2(C)C. The third kappa shape index (κ3) is 5.65. The molecule has 0 unspecified atom stereocenters. The highest BCUT2D eigenvalue weighted by Crippen LogP contribution is 2.59. The third-order valence-electron chi connectivity index (χ3n) is 13.9. The first kappa shape index (κ1) is 35.7. The van der Waals surface area contributed by atoms with Crippen LogP contribution in [0.25, 0.3) is 22.3 Å². The number of nitrogens with zero attached hydrogens (tertiary/aromatic N) is 1. The summed E-state index contributed by atoms with van der Waals surface area (Å²) in [5, 5.41) is 0. The average Bonchev–Trinajstić information content (AvgIpc) is 3.53. The maximum absolute atomic E-state index is 2.59. The molecule has 0 amide bonds. The molecule has 0 heterocycles. The van der Waals surface area contributed by atoms with Gasteiger partial charge in [-0.1, -0.05) is 143 Å². The fraction of sp³-hybridized carbons (Fsp3) is 0.250. The highest BCUT2D eigenvalue weighted by molar-refractivity contribution is 5.97. The first-order chi connectivity index (χ1) is 27.7. The molecule has 3 aliphatic carbocycles. The van der Waals surface area contributed by atoms with Gasteiger partial charge in [-0.05, 0) is 166 Å². The summed E-state index contributed by atoms with van der Waals surface area (Å²) in [6.07, 6.45) is 7.21. The second-order valence-corrected chi connectivity index (χ2v) is 18.3. The standard InChI is InChI=1S/C56H53N/c1-38-33-51-52(55(4,5)32-31-54(51,2)3)36-46(38)48-35-47-45-27-17-18-28-49(45)56(41-21-9-6-10-22-41,42-23-11-7-12-24-42)50(47)37-53(48)57(43-25-13-8-14-26-43)44-30-29-39-19-15-16-20-40(39)34-44/h6-14,17-18,21-30,33-37H,15-16,19-20,31-32H2,1-5H3. The van der Waals surface area contributed by atoms with Crippen molar-refractivity contribution in [1.29, 1.82) is 0 Å². The van der Waals surface area contributed by atoms with Gasteiger partial charge in [0.15, 0.2) is 0 Å². The Morgan fingerprint density at radius 3 is 1.67 bits per heavy atom. The fourth-order valence-corrected chi connectivity index (χ4v) is 10.8. The highest BCUT2D eigenvalue weighted by atomic mass is 15.1. The third-order valence-corrected chi connectivity index (χ3v) is 13.9. The van der Waals surface area contributed by atoms with Crippen LogP contribution < -0.4 is 4.90 Å². The number of hydrogen-bond acceptors (Lipinski definition) is 1. The Bertz CT molecular complexity index is 2590. The van der Waals surface area contributed by atoms with Crippen molar-refractivity contribution in [3.63, 3.8) is 0 Å². The average molecular weight is 740 g/mol. The second-order valence-electron chi connectivity index (χ2n) is 18.3. The molecule has 1 heteroatoms. The molecule has 0 fully saturated rings. The molecule has 57 heavy (non-hydrogen) atoms. The zero-order chi connectivity index (χ0) is 38.9. The summed E-state index contributed by atoms with van der Waals surface area (Å²) >= 11 is 0. The van der Waals surface area contributed by atoms with Crippen LogP contribution in [-0.2, 0) is 29.1 Å². The number of fused-ring (bicyclic) bond motifs is 5. The summed E-state index contributed by atoms with van der Waals surface area (Å²) in [5.41, 5.74) is 21.1. The van der Waals surface area contributed by atoms with Gasteiger partial charge in [0, 0.05) is 16.9 Å². The van der Waals surface area contributed by atoms with Crippen molar-refractivity contribution in [2.45, 2.75) is 89.4 Å². The van der Waals surface area contributed by atoms with Gasteiger partial charge in [0.1, 0.15) is 0 Å². The molecular weight excluding hydrogens is 687 g/mol. The van der Waals surface area contributed by atoms with Crippen LogP contribution in [0, 0.1) is 6.92 Å². The van der Waals surface area contributed by atoms with E-state index in [0.29, 0.717) is 0 Å². The Labute approximate surface area is 340 Å². The molecule has 7 aromatic carbocycles. The van der Waals surface area contributed by atoms with Crippen LogP contribution in [0.3, 0.4) is 0 Å². The van der Waals surface area contributed by atoms with Crippen LogP contribution >= 0.6 is 0 Å². The van der Waals surface area contributed by atoms with Crippen LogP contribution in [-0.4, -0.2) is 0 Å². The van der Waals surface area contributed by atoms with Gasteiger partial charge >= 0.3 is 0 Å². The van der Waals surface area contributed by atoms with Crippen molar-refractivity contribution in [3.05, 3.63) is 208 Å². The predicted molar refractivity (Wildman–Crippen MR) is 241 cm³/mol. The first-order valence-corrected chi connectivity index (χ1v) is 21.2. The van der Waals surface area contributed by atoms with E-state index >= 15 is 0 Å². The summed E-state index contributed by atoms with van der Waals surface area (Å²) in [6.45, 7) is 12.1. The van der Waals surface area contributed by atoms with Gasteiger partial charge in [0.25, 0.3) is 0 Å². The summed E-state index contributed by atoms with van der Waals surface area (Å²) in [5.74, 6) is 0. The summed E-state index contributed by atoms with van der Waals surface area (Å²) < 4.78 is 0. The lowest BCUT2D eigenvalue weighted by Gasteiger charge is -2.42. The predicted octanol–water partition coefficient (Wildman–Crippen LogP) is 14.7. The van der Waals surface area contributed by atoms with Gasteiger partial charge in [-0.25, -0.2) is 0 Å². The van der Waals surface area contributed by atoms with Gasteiger partial charge in [-0.2, -0.15) is 0 Å². The van der Waals surface area contributed by atoms with Crippen LogP contribution in [0.1, 0.15) is 103 Å². The highest BCUT2D eigenvalue weighted by Gasteiger charge is 2.47. The van der Waals surface area contributed by atoms with Crippen molar-refractivity contribution in [1.82, 2.24) is 0 Å². The van der Waals surface area contributed by atoms with Crippen molar-refractivity contribution in [2.75, 3.05) is 4.90 Å². The first-order valence-electron chi connectivity index (χ1n) is 21.2. The van der Waals surface area contributed by atoms with Gasteiger partial charge in [0.05, 0.1) is 11.1 Å². The molecule has 282 valence electrons. The lowest BCUT2D eigenvalue weighted by molar-refractivity contribution is 0.332. The molecule has 0 bridgehead atoms. The number of aryl methyl sites for hydroxylation is 3. The molecule has 0 radical (unpaired) electrons. The Balaban J connectivity index is 1.35. The second kappa shape index (κ2) is 13.5. The van der Waals surface area contributed by atoms with Crippen molar-refractivity contribution in [2.24, 2.45) is 0 Å². The van der Waals surface area contributed by atoms with E-state index in [-0.39, 0.29) is 10.8 Å². The van der Waals surface area contributed by atoms with Gasteiger partial charge in [0.2, 0.25) is 0 Å². The Hall–Kier alpha value is -5.66. The molecule has 0 saturated heterocycles. The molecule has 7 aromatic rings. The zero-order valence-electron chi connectivity index (χ0n) is 34.2. The van der Waals surface area contributed by atoms with Crippen molar-refractivity contribution < 1.29 is 0 Å². The molecule has 0 N–H and O–H groups in total. The minimum atomic E-state index is -0.503. The van der Waals surface area contributed by atoms with Gasteiger partial charge in [-0.3, -0.25) is 0 Å². The van der Waals surface area contributed by atoms with E-state index < -0.39 is 5.41 Å². The summed E-state index contributed by atoms with van der Waals surface area (Å²) in [4.78, 5) is 2.57. The van der Waals surface area contributed by atoms with Gasteiger partial charge < -0.3 is 4.90 Å². The molecule has 3 aliphatic rings. The number of anilines is 3. The molecule has 1 nitrogen and oxygen atoms in total. The molecule has 0 aromatic heterocycles. The summed E-state index contributed by atoms with van der Waals surface area (Å²) in [7, 11) is 0. The lowest BCUT2D eigenvalue weighted by Crippen LogP contribution is -2.34. The maximum atomic E-state index is 2.59. The minimum absolute atomic E-state index is 0.0875. The van der Waals surface area contributed by atoms with E-state index in [4.69, 9.17) is 0 Å². The van der Waals surface area contributed by atoms with Crippen LogP contribution in [0.2, 0.25) is 0 Å². The van der Waals surface area contributed by atoms with Crippen molar-refractivity contribution >= 4 is 17.1 Å². The fourth-order valence-electron chi connectivity index (χ4n) is 10.8. The quantitative estimate of drug-likeness (QED) is 0.164. The van der Waals surface area contributed by atoms with E-state index in [1.807, 2.05) is 0 Å². The van der Waals surface area contributed by atoms with Crippen LogP contribution in [0.4, 0.5) is 17.1 Å². The van der Waals surface area contributed by atoms with Crippen LogP contribution in [0.15, 0.2) is 158 Å². The summed E-state index contributed by atoms with van der Waals surface area (Å²) in [6, 6.07) is 60.3. The van der Waals surface area contributed by atoms with E-state index in [2.05, 4.69) is 197 Å². The number of hydrogen-bond donors (Lipinski definition) is 0. The van der Waals surface area contributed by atoms with E-state index in [0.717, 1.165) is 6.42 Å². The molecule has 10 rings (SSSR count). The minimum Gasteiger partial charge on any atom is -0.310 e. The van der Waals surface area contributed by atoms with Crippen molar-refractivity contribution in [3.8, 4) is 22.3 Å². The topological polar surface area (TPSA) is 3.24 Å². The number of rotatable bonds is 6. The Morgan fingerprint density at radius 1 is 0.421 bits per heavy atom. The smallest absolute Gasteiger partial charge is 0.0714 e. The molecule has 0 saturated carbocycles. The zero-order valence-corrected chi connectivity index (χ0v) is 34.2. The van der Waals surface area contributed by atoms with Crippen LogP contribution in [0.5, 0.6) is 0 Å². The van der Waals surface area contributed by atoms with E-state index in [9.17, 15) is 0 Å². The molecule has 0 spiro atoms. The van der Waals surface area contributed by atoms with E-state index in [1.54, 1.807) is 0 Å². The molecule has 0 aliphatic heterocycles. The largest absolute Gasteiger partial charge is 0.310 e. The molecular formula is C56H53N. The van der Waals surface area contributed by atoms with Gasteiger partial charge in [-0.15, -0.1) is 0 Å². The maximum Gasteiger partial charge on any atom is 0.0714 e. The Kier molecular flexibility index (Phi) is 8.45. The molecule has 0 atom stereocenters. The van der Waals surface area contributed by atoms with E-state index in [1.165, 1.54) is 121 Å². The monoisotopic (exact) mass is 739 g/mol. The normalized spacial score (nSPS) is 16.9. The lowest BCUT2D eigenvalue weighted by atomic mass is 9.62. The number of para-hydroxylation sites is 1. The number of benzene rings is 7. The Morgan fingerprint density at radius 2 is 1.00 bits per heavy atom.